The predicted molar refractivity (Wildman–Crippen MR) is 91.3 cm³/mol. The lowest BCUT2D eigenvalue weighted by molar-refractivity contribution is 0.0540. The van der Waals surface area contributed by atoms with E-state index in [1.807, 2.05) is 24.3 Å². The Hall–Kier alpha value is -0.970. The summed E-state index contributed by atoms with van der Waals surface area (Å²) in [4.78, 5) is 2.51. The molecule has 1 atom stereocenters. The van der Waals surface area contributed by atoms with Gasteiger partial charge in [-0.3, -0.25) is 4.90 Å². The van der Waals surface area contributed by atoms with Gasteiger partial charge in [0.15, 0.2) is 11.5 Å². The highest BCUT2D eigenvalue weighted by Crippen LogP contribution is 2.31. The molecule has 2 aliphatic rings. The smallest absolute Gasteiger partial charge is 0.161 e. The van der Waals surface area contributed by atoms with Crippen LogP contribution in [0.3, 0.4) is 0 Å². The average Bonchev–Trinajstić information content (AvgIpc) is 2.55. The molecule has 1 unspecified atom stereocenters. The van der Waals surface area contributed by atoms with Crippen LogP contribution in [0.25, 0.3) is 0 Å². The second-order valence-electron chi connectivity index (χ2n) is 6.04. The second-order valence-corrected chi connectivity index (χ2v) is 6.04. The summed E-state index contributed by atoms with van der Waals surface area (Å²) in [5.41, 5.74) is 0. The monoisotopic (exact) mass is 326 g/mol. The van der Waals surface area contributed by atoms with Crippen molar-refractivity contribution in [3.05, 3.63) is 24.3 Å². The summed E-state index contributed by atoms with van der Waals surface area (Å²) in [5, 5.41) is 3.44. The third-order valence-corrected chi connectivity index (χ3v) is 4.45. The van der Waals surface area contributed by atoms with Crippen LogP contribution < -0.4 is 14.8 Å². The molecule has 1 N–H and O–H groups in total. The highest BCUT2D eigenvalue weighted by Gasteiger charge is 2.24. The van der Waals surface area contributed by atoms with Crippen molar-refractivity contribution in [1.82, 2.24) is 10.2 Å². The molecule has 1 aromatic rings. The Morgan fingerprint density at radius 2 is 1.86 bits per heavy atom. The van der Waals surface area contributed by atoms with Crippen LogP contribution in [0.5, 0.6) is 11.5 Å². The molecule has 4 nitrogen and oxygen atoms in total. The first-order valence-corrected chi connectivity index (χ1v) is 8.16. The summed E-state index contributed by atoms with van der Waals surface area (Å²) < 4.78 is 11.9. The van der Waals surface area contributed by atoms with E-state index in [0.29, 0.717) is 6.61 Å². The highest BCUT2D eigenvalue weighted by atomic mass is 35.5. The van der Waals surface area contributed by atoms with Crippen LogP contribution in [-0.2, 0) is 0 Å². The Balaban J connectivity index is 0.00000176. The molecule has 1 saturated heterocycles. The van der Waals surface area contributed by atoms with Gasteiger partial charge in [-0.05, 0) is 50.5 Å². The second kappa shape index (κ2) is 8.61. The van der Waals surface area contributed by atoms with Gasteiger partial charge in [0.05, 0.1) is 0 Å². The maximum Gasteiger partial charge on any atom is 0.161 e. The Kier molecular flexibility index (Phi) is 6.80. The molecule has 0 spiro atoms. The number of nitrogens with one attached hydrogen (secondary N) is 1. The summed E-state index contributed by atoms with van der Waals surface area (Å²) in [7, 11) is 0. The molecule has 0 saturated carbocycles. The van der Waals surface area contributed by atoms with Crippen LogP contribution in [0.15, 0.2) is 24.3 Å². The summed E-state index contributed by atoms with van der Waals surface area (Å²) in [6.07, 6.45) is 2.73. The number of hydrogen-bond donors (Lipinski definition) is 1. The van der Waals surface area contributed by atoms with Crippen molar-refractivity contribution in [3.8, 4) is 11.5 Å². The zero-order valence-electron chi connectivity index (χ0n) is 13.3. The predicted octanol–water partition coefficient (Wildman–Crippen LogP) is 2.57. The number of para-hydroxylation sites is 2. The van der Waals surface area contributed by atoms with E-state index in [1.54, 1.807) is 0 Å². The molecule has 0 bridgehead atoms. The van der Waals surface area contributed by atoms with Crippen molar-refractivity contribution in [1.29, 1.82) is 0 Å². The molecule has 0 amide bonds. The van der Waals surface area contributed by atoms with Gasteiger partial charge in [0.2, 0.25) is 0 Å². The zero-order chi connectivity index (χ0) is 14.5. The van der Waals surface area contributed by atoms with E-state index >= 15 is 0 Å². The van der Waals surface area contributed by atoms with Crippen molar-refractivity contribution < 1.29 is 9.47 Å². The Morgan fingerprint density at radius 3 is 2.59 bits per heavy atom. The lowest BCUT2D eigenvalue weighted by Crippen LogP contribution is -2.44. The summed E-state index contributed by atoms with van der Waals surface area (Å²) in [6, 6.07) is 7.94. The van der Waals surface area contributed by atoms with E-state index in [-0.39, 0.29) is 18.5 Å². The van der Waals surface area contributed by atoms with Gasteiger partial charge in [0.25, 0.3) is 0 Å². The van der Waals surface area contributed by atoms with Gasteiger partial charge in [-0.1, -0.05) is 19.1 Å². The molecule has 0 aromatic heterocycles. The molecule has 22 heavy (non-hydrogen) atoms. The van der Waals surface area contributed by atoms with Gasteiger partial charge in [0.1, 0.15) is 12.7 Å². The van der Waals surface area contributed by atoms with Gasteiger partial charge in [-0.15, -0.1) is 12.4 Å². The number of benzene rings is 1. The largest absolute Gasteiger partial charge is 0.486 e. The van der Waals surface area contributed by atoms with Crippen LogP contribution in [0.1, 0.15) is 19.8 Å². The fraction of sp³-hybridized carbons (Fsp3) is 0.647. The molecule has 1 fully saturated rings. The first kappa shape index (κ1) is 17.4. The number of fused-ring (bicyclic) bond motifs is 1. The van der Waals surface area contributed by atoms with Gasteiger partial charge in [-0.25, -0.2) is 0 Å². The maximum atomic E-state index is 6.07. The van der Waals surface area contributed by atoms with Crippen molar-refractivity contribution in [2.45, 2.75) is 25.9 Å². The SMILES string of the molecule is CCN(CC1CCNCC1)CC1COc2ccccc2O1.Cl. The maximum absolute atomic E-state index is 6.07. The normalized spacial score (nSPS) is 21.5. The minimum atomic E-state index is 0. The summed E-state index contributed by atoms with van der Waals surface area (Å²) >= 11 is 0. The average molecular weight is 327 g/mol. The molecule has 124 valence electrons. The van der Waals surface area contributed by atoms with E-state index in [9.17, 15) is 0 Å². The van der Waals surface area contributed by atoms with Crippen LogP contribution in [-0.4, -0.2) is 50.3 Å². The number of likely N-dealkylation sites (N-methyl/N-ethyl adjacent to an activating group) is 1. The van der Waals surface area contributed by atoms with Gasteiger partial charge in [0, 0.05) is 13.1 Å². The fourth-order valence-corrected chi connectivity index (χ4v) is 3.20. The highest BCUT2D eigenvalue weighted by molar-refractivity contribution is 5.85. The van der Waals surface area contributed by atoms with E-state index in [2.05, 4.69) is 17.1 Å². The minimum absolute atomic E-state index is 0. The number of halogens is 1. The molecule has 5 heteroatoms. The van der Waals surface area contributed by atoms with E-state index < -0.39 is 0 Å². The first-order valence-electron chi connectivity index (χ1n) is 8.16. The lowest BCUT2D eigenvalue weighted by atomic mass is 9.97. The molecule has 1 aromatic carbocycles. The third kappa shape index (κ3) is 4.51. The number of nitrogens with zero attached hydrogens (tertiary/aromatic N) is 1. The molecule has 2 aliphatic heterocycles. The molecule has 3 rings (SSSR count). The standard InChI is InChI=1S/C17H26N2O2.ClH/c1-2-19(11-14-7-9-18-10-8-14)12-15-13-20-16-5-3-4-6-17(16)21-15;/h3-6,14-15,18H,2,7-13H2,1H3;1H. The number of ether oxygens (including phenoxy) is 2. The fourth-order valence-electron chi connectivity index (χ4n) is 3.20. The van der Waals surface area contributed by atoms with Crippen molar-refractivity contribution in [3.63, 3.8) is 0 Å². The Labute approximate surface area is 139 Å². The lowest BCUT2D eigenvalue weighted by Gasteiger charge is -2.33. The number of hydrogen-bond acceptors (Lipinski definition) is 4. The van der Waals surface area contributed by atoms with E-state index in [0.717, 1.165) is 30.5 Å². The quantitative estimate of drug-likeness (QED) is 0.901. The summed E-state index contributed by atoms with van der Waals surface area (Å²) in [6.45, 7) is 8.43. The number of piperidine rings is 1. The van der Waals surface area contributed by atoms with Gasteiger partial charge < -0.3 is 14.8 Å². The van der Waals surface area contributed by atoms with Gasteiger partial charge >= 0.3 is 0 Å². The van der Waals surface area contributed by atoms with Crippen molar-refractivity contribution >= 4 is 12.4 Å². The number of rotatable bonds is 5. The van der Waals surface area contributed by atoms with Gasteiger partial charge in [-0.2, -0.15) is 0 Å². The molecular formula is C17H27ClN2O2. The van der Waals surface area contributed by atoms with Crippen molar-refractivity contribution in [2.24, 2.45) is 5.92 Å². The molecule has 2 heterocycles. The summed E-state index contributed by atoms with van der Waals surface area (Å²) in [5.74, 6) is 2.57. The first-order chi connectivity index (χ1) is 10.3. The van der Waals surface area contributed by atoms with Crippen LogP contribution >= 0.6 is 12.4 Å². The molecular weight excluding hydrogens is 300 g/mol. The Bertz CT molecular complexity index is 452. The van der Waals surface area contributed by atoms with Crippen LogP contribution in [0.2, 0.25) is 0 Å². The Morgan fingerprint density at radius 1 is 1.14 bits per heavy atom. The van der Waals surface area contributed by atoms with Crippen molar-refractivity contribution in [2.75, 3.05) is 39.3 Å². The van der Waals surface area contributed by atoms with E-state index in [1.165, 1.54) is 32.5 Å². The zero-order valence-corrected chi connectivity index (χ0v) is 14.1. The van der Waals surface area contributed by atoms with E-state index in [4.69, 9.17) is 9.47 Å². The third-order valence-electron chi connectivity index (χ3n) is 4.45. The van der Waals surface area contributed by atoms with Crippen LogP contribution in [0, 0.1) is 5.92 Å². The van der Waals surface area contributed by atoms with Crippen LogP contribution in [0.4, 0.5) is 0 Å². The topological polar surface area (TPSA) is 33.7 Å². The molecule has 0 aliphatic carbocycles. The molecule has 0 radical (unpaired) electrons. The minimum Gasteiger partial charge on any atom is -0.486 e.